The van der Waals surface area contributed by atoms with Gasteiger partial charge in [-0.3, -0.25) is 0 Å². The Hall–Kier alpha value is -0.458. The van der Waals surface area contributed by atoms with Gasteiger partial charge >= 0.3 is 14.1 Å². The van der Waals surface area contributed by atoms with Gasteiger partial charge < -0.3 is 14.4 Å². The zero-order valence-electron chi connectivity index (χ0n) is 11.0. The SMILES string of the molecule is CC(C)[C](=O)[Al]([C](=O)C(C)C)[C](=O)C(C)C. The molecule has 0 atom stereocenters. The zero-order chi connectivity index (χ0) is 13.0. The third-order valence-electron chi connectivity index (χ3n) is 2.56. The zero-order valence-corrected chi connectivity index (χ0v) is 12.2. The highest BCUT2D eigenvalue weighted by molar-refractivity contribution is 7.28. The predicted octanol–water partition coefficient (Wildman–Crippen LogP) is 1.77. The molecule has 0 amide bonds. The van der Waals surface area contributed by atoms with Crippen molar-refractivity contribution in [1.82, 2.24) is 0 Å². The lowest BCUT2D eigenvalue weighted by Crippen LogP contribution is -2.49. The smallest absolute Gasteiger partial charge is 0.319 e. The van der Waals surface area contributed by atoms with E-state index in [1.54, 1.807) is 41.5 Å². The molecule has 0 bridgehead atoms. The van der Waals surface area contributed by atoms with Gasteiger partial charge in [0.15, 0.2) is 0 Å². The molecule has 4 heteroatoms. The van der Waals surface area contributed by atoms with Crippen LogP contribution in [0.25, 0.3) is 0 Å². The van der Waals surface area contributed by atoms with Crippen molar-refractivity contribution < 1.29 is 14.4 Å². The molecule has 90 valence electrons. The highest BCUT2D eigenvalue weighted by atomic mass is 27.2. The van der Waals surface area contributed by atoms with Crippen molar-refractivity contribution in [2.24, 2.45) is 17.8 Å². The minimum atomic E-state index is -2.61. The second kappa shape index (κ2) is 6.32. The first-order valence-electron chi connectivity index (χ1n) is 5.81. The second-order valence-electron chi connectivity index (χ2n) is 5.10. The van der Waals surface area contributed by atoms with Crippen LogP contribution in [0.4, 0.5) is 0 Å². The number of rotatable bonds is 6. The molecular weight excluding hydrogens is 219 g/mol. The molecule has 0 spiro atoms. The van der Waals surface area contributed by atoms with Crippen molar-refractivity contribution in [2.45, 2.75) is 41.5 Å². The lowest BCUT2D eigenvalue weighted by molar-refractivity contribution is -0.121. The van der Waals surface area contributed by atoms with Crippen LogP contribution in [0.15, 0.2) is 0 Å². The summed E-state index contributed by atoms with van der Waals surface area (Å²) in [6, 6.07) is 0. The average Bonchev–Trinajstić information content (AvgIpc) is 2.16. The van der Waals surface area contributed by atoms with Crippen LogP contribution in [0.1, 0.15) is 41.5 Å². The summed E-state index contributed by atoms with van der Waals surface area (Å²) < 4.78 is -0.341. The van der Waals surface area contributed by atoms with E-state index in [1.807, 2.05) is 0 Å². The fourth-order valence-electron chi connectivity index (χ4n) is 1.42. The molecule has 0 aromatic rings. The topological polar surface area (TPSA) is 51.2 Å². The summed E-state index contributed by atoms with van der Waals surface area (Å²) in [6.45, 7) is 10.5. The van der Waals surface area contributed by atoms with E-state index in [0.29, 0.717) is 0 Å². The summed E-state index contributed by atoms with van der Waals surface area (Å²) in [7, 11) is 0. The Morgan fingerprint density at radius 2 is 0.812 bits per heavy atom. The molecule has 0 aliphatic carbocycles. The minimum Gasteiger partial charge on any atom is -0.319 e. The van der Waals surface area contributed by atoms with E-state index in [9.17, 15) is 14.4 Å². The number of hydrogen-bond donors (Lipinski definition) is 0. The third-order valence-corrected chi connectivity index (χ3v) is 6.27. The van der Waals surface area contributed by atoms with Gasteiger partial charge in [-0.1, -0.05) is 41.5 Å². The number of carbonyl (C=O) groups excluding carboxylic acids is 3. The summed E-state index contributed by atoms with van der Waals surface area (Å²) in [5, 5.41) is 0. The molecule has 0 unspecified atom stereocenters. The Morgan fingerprint density at radius 3 is 0.938 bits per heavy atom. The highest BCUT2D eigenvalue weighted by Crippen LogP contribution is 2.10. The first-order valence-corrected chi connectivity index (χ1v) is 7.54. The van der Waals surface area contributed by atoms with Gasteiger partial charge in [-0.05, 0) is 17.8 Å². The molecule has 16 heavy (non-hydrogen) atoms. The van der Waals surface area contributed by atoms with E-state index in [0.717, 1.165) is 0 Å². The van der Waals surface area contributed by atoms with Gasteiger partial charge in [-0.25, -0.2) is 0 Å². The first-order chi connectivity index (χ1) is 7.20. The van der Waals surface area contributed by atoms with Crippen molar-refractivity contribution in [3.63, 3.8) is 0 Å². The molecule has 0 heterocycles. The van der Waals surface area contributed by atoms with E-state index in [2.05, 4.69) is 0 Å². The Bertz CT molecular complexity index is 245. The van der Waals surface area contributed by atoms with Crippen molar-refractivity contribution in [1.29, 1.82) is 0 Å². The highest BCUT2D eigenvalue weighted by Gasteiger charge is 2.45. The summed E-state index contributed by atoms with van der Waals surface area (Å²) >= 11 is -2.61. The molecule has 0 fully saturated rings. The Balaban J connectivity index is 5.14. The molecule has 0 N–H and O–H groups in total. The van der Waals surface area contributed by atoms with Crippen LogP contribution in [0.3, 0.4) is 0 Å². The largest absolute Gasteiger partial charge is 0.549 e. The van der Waals surface area contributed by atoms with Gasteiger partial charge in [0.25, 0.3) is 0 Å². The summed E-state index contributed by atoms with van der Waals surface area (Å²) in [6.07, 6.45) is 0. The fraction of sp³-hybridized carbons (Fsp3) is 0.750. The van der Waals surface area contributed by atoms with E-state index in [4.69, 9.17) is 0 Å². The fourth-order valence-corrected chi connectivity index (χ4v) is 4.26. The molecule has 0 aliphatic heterocycles. The second-order valence-corrected chi connectivity index (χ2v) is 7.68. The summed E-state index contributed by atoms with van der Waals surface area (Å²) in [5.41, 5.74) is 0. The number of hydrogen-bond acceptors (Lipinski definition) is 3. The Kier molecular flexibility index (Phi) is 6.14. The summed E-state index contributed by atoms with van der Waals surface area (Å²) in [5.74, 6) is -0.661. The maximum atomic E-state index is 12.0. The van der Waals surface area contributed by atoms with Crippen LogP contribution in [0.5, 0.6) is 0 Å². The van der Waals surface area contributed by atoms with Crippen molar-refractivity contribution in [3.8, 4) is 0 Å². The molecule has 0 rings (SSSR count). The Morgan fingerprint density at radius 1 is 0.625 bits per heavy atom. The maximum Gasteiger partial charge on any atom is 0.549 e. The van der Waals surface area contributed by atoms with Crippen molar-refractivity contribution in [2.75, 3.05) is 0 Å². The van der Waals surface area contributed by atoms with Crippen LogP contribution in [-0.2, 0) is 14.4 Å². The van der Waals surface area contributed by atoms with Gasteiger partial charge in [0, 0.05) is 0 Å². The lowest BCUT2D eigenvalue weighted by atomic mass is 10.2. The quantitative estimate of drug-likeness (QED) is 0.665. The van der Waals surface area contributed by atoms with Gasteiger partial charge in [0.1, 0.15) is 0 Å². The molecule has 0 radical (unpaired) electrons. The van der Waals surface area contributed by atoms with Crippen molar-refractivity contribution >= 4 is 28.1 Å². The van der Waals surface area contributed by atoms with Crippen LogP contribution in [0.2, 0.25) is 0 Å². The van der Waals surface area contributed by atoms with Gasteiger partial charge in [-0.2, -0.15) is 0 Å². The normalized spacial score (nSPS) is 11.1. The van der Waals surface area contributed by atoms with Crippen LogP contribution in [0, 0.1) is 17.8 Å². The maximum absolute atomic E-state index is 12.0. The molecule has 0 saturated heterocycles. The standard InChI is InChI=1S/3C4H7O.Al/c3*1-4(2)3-5;/h3*4H,1-2H3;. The van der Waals surface area contributed by atoms with E-state index in [-0.39, 0.29) is 31.7 Å². The van der Waals surface area contributed by atoms with E-state index < -0.39 is 14.1 Å². The molecular formula is C12H21AlO3. The third kappa shape index (κ3) is 3.84. The lowest BCUT2D eigenvalue weighted by Gasteiger charge is -2.15. The van der Waals surface area contributed by atoms with E-state index >= 15 is 0 Å². The molecule has 0 aromatic carbocycles. The predicted molar refractivity (Wildman–Crippen MR) is 65.3 cm³/mol. The van der Waals surface area contributed by atoms with Crippen molar-refractivity contribution in [3.05, 3.63) is 0 Å². The number of carbonyl (C=O) groups is 3. The van der Waals surface area contributed by atoms with Gasteiger partial charge in [0.05, 0.1) is 13.9 Å². The van der Waals surface area contributed by atoms with Crippen LogP contribution in [-0.4, -0.2) is 28.1 Å². The molecule has 0 aliphatic rings. The van der Waals surface area contributed by atoms with Crippen LogP contribution >= 0.6 is 0 Å². The van der Waals surface area contributed by atoms with E-state index in [1.165, 1.54) is 0 Å². The van der Waals surface area contributed by atoms with Crippen LogP contribution < -0.4 is 0 Å². The average molecular weight is 240 g/mol. The minimum absolute atomic E-state index is 0.114. The molecule has 0 aromatic heterocycles. The van der Waals surface area contributed by atoms with Gasteiger partial charge in [0.2, 0.25) is 0 Å². The van der Waals surface area contributed by atoms with Gasteiger partial charge in [-0.15, -0.1) is 0 Å². The summed E-state index contributed by atoms with van der Waals surface area (Å²) in [4.78, 5) is 35.9. The monoisotopic (exact) mass is 240 g/mol. The first kappa shape index (κ1) is 15.5. The molecule has 0 saturated carbocycles. The Labute approximate surface area is 102 Å². The molecule has 3 nitrogen and oxygen atoms in total.